The lowest BCUT2D eigenvalue weighted by atomic mass is 10.0. The molecular weight excluding hydrogens is 983 g/mol. The third kappa shape index (κ3) is 6.61. The summed E-state index contributed by atoms with van der Waals surface area (Å²) in [6.45, 7) is 0. The Bertz CT molecular complexity index is 710. The Morgan fingerprint density at radius 1 is 0.143 bits per heavy atom. The van der Waals surface area contributed by atoms with Crippen molar-refractivity contribution in [3.63, 3.8) is 0 Å². The van der Waals surface area contributed by atoms with Gasteiger partial charge in [0.15, 0.2) is 30.3 Å². The first-order chi connectivity index (χ1) is 14.5. The van der Waals surface area contributed by atoms with Crippen LogP contribution in [0.25, 0.3) is 0 Å². The van der Waals surface area contributed by atoms with Gasteiger partial charge in [0.05, 0.1) is 0 Å². The van der Waals surface area contributed by atoms with Crippen LogP contribution in [-0.4, -0.2) is 46.6 Å². The third-order valence-electron chi connectivity index (χ3n) is 3.87. The van der Waals surface area contributed by atoms with E-state index in [0.29, 0.717) is 0 Å². The highest BCUT2D eigenvalue weighted by atomic mass is 35.6. The van der Waals surface area contributed by atoms with Gasteiger partial charge in [-0.1, -0.05) is 278 Å². The lowest BCUT2D eigenvalue weighted by Gasteiger charge is -2.56. The van der Waals surface area contributed by atoms with E-state index in [1.165, 1.54) is 0 Å². The molecule has 0 atom stereocenters. The van der Waals surface area contributed by atoms with Gasteiger partial charge >= 0.3 is 0 Å². The second-order valence-electron chi connectivity index (χ2n) is 6.17. The maximum absolute atomic E-state index is 6.32. The zero-order valence-corrected chi connectivity index (χ0v) is 32.7. The molecule has 212 valence electrons. The van der Waals surface area contributed by atoms with Crippen molar-refractivity contribution in [2.45, 2.75) is 46.6 Å². The molecule has 0 saturated carbocycles. The Morgan fingerprint density at radius 3 is 0.314 bits per heavy atom. The number of halogens is 24. The molecule has 35 heavy (non-hydrogen) atoms. The van der Waals surface area contributed by atoms with Crippen molar-refractivity contribution in [3.05, 3.63) is 0 Å². The normalized spacial score (nSPS) is 17.1. The van der Waals surface area contributed by atoms with Crippen molar-refractivity contribution >= 4 is 278 Å². The molecule has 0 saturated heterocycles. The summed E-state index contributed by atoms with van der Waals surface area (Å²) in [5.41, 5.74) is 0. The zero-order chi connectivity index (χ0) is 29.5. The van der Waals surface area contributed by atoms with Crippen LogP contribution in [0.2, 0.25) is 0 Å². The van der Waals surface area contributed by atoms with Crippen LogP contribution < -0.4 is 0 Å². The highest BCUT2D eigenvalue weighted by Crippen LogP contribution is 2.75. The predicted molar refractivity (Wildman–Crippen MR) is 171 cm³/mol. The molecule has 0 rings (SSSR count). The molecule has 0 aliphatic heterocycles. The van der Waals surface area contributed by atoms with Gasteiger partial charge in [-0.2, -0.15) is 0 Å². The van der Waals surface area contributed by atoms with Gasteiger partial charge in [0.25, 0.3) is 0 Å². The summed E-state index contributed by atoms with van der Waals surface area (Å²) in [5.74, 6) is 0. The fraction of sp³-hybridized carbons (Fsp3) is 1.00. The van der Waals surface area contributed by atoms with E-state index in [0.717, 1.165) is 0 Å². The molecule has 0 aromatic heterocycles. The standard InChI is InChI=1S/C11Cl24/c12-1(13,2(14,15)4(18,19)6(22,23)8(26,27)10(30,31)32)3(16,17)5(20,21)7(24,25)9(28,29)11(33,34)35. The second-order valence-corrected chi connectivity index (χ2v) is 22.7. The minimum Gasteiger partial charge on any atom is -0.0946 e. The van der Waals surface area contributed by atoms with Crippen LogP contribution in [0.1, 0.15) is 0 Å². The van der Waals surface area contributed by atoms with Crippen molar-refractivity contribution in [2.75, 3.05) is 0 Å². The van der Waals surface area contributed by atoms with Gasteiger partial charge in [-0.15, -0.1) is 0 Å². The monoisotopic (exact) mass is 971 g/mol. The second kappa shape index (κ2) is 12.3. The minimum atomic E-state index is -3.29. The molecule has 0 aromatic rings. The molecule has 0 bridgehead atoms. The van der Waals surface area contributed by atoms with E-state index in [1.54, 1.807) is 0 Å². The van der Waals surface area contributed by atoms with E-state index in [-0.39, 0.29) is 0 Å². The summed E-state index contributed by atoms with van der Waals surface area (Å²) >= 11 is 146. The molecule has 0 fully saturated rings. The summed E-state index contributed by atoms with van der Waals surface area (Å²) in [7, 11) is 0. The molecule has 0 aromatic carbocycles. The molecule has 0 nitrogen and oxygen atoms in total. The van der Waals surface area contributed by atoms with Crippen molar-refractivity contribution in [2.24, 2.45) is 0 Å². The van der Waals surface area contributed by atoms with E-state index in [9.17, 15) is 0 Å². The molecule has 0 heterocycles. The molecule has 0 N–H and O–H groups in total. The highest BCUT2D eigenvalue weighted by molar-refractivity contribution is 6.85. The summed E-state index contributed by atoms with van der Waals surface area (Å²) in [5, 5.41) is 0. The van der Waals surface area contributed by atoms with Crippen molar-refractivity contribution in [1.29, 1.82) is 0 Å². The molecule has 0 unspecified atom stereocenters. The summed E-state index contributed by atoms with van der Waals surface area (Å²) in [4.78, 5) is 0. The van der Waals surface area contributed by atoms with Gasteiger partial charge in [0.1, 0.15) is 0 Å². The largest absolute Gasteiger partial charge is 0.226 e. The van der Waals surface area contributed by atoms with Crippen molar-refractivity contribution in [3.8, 4) is 0 Å². The zero-order valence-electron chi connectivity index (χ0n) is 14.6. The van der Waals surface area contributed by atoms with E-state index in [1.807, 2.05) is 0 Å². The topological polar surface area (TPSA) is 0 Å². The molecule has 0 radical (unpaired) electrons. The van der Waals surface area contributed by atoms with Crippen molar-refractivity contribution < 1.29 is 0 Å². The van der Waals surface area contributed by atoms with E-state index < -0.39 is 46.6 Å². The maximum atomic E-state index is 6.32. The van der Waals surface area contributed by atoms with Crippen LogP contribution in [0.3, 0.4) is 0 Å². The van der Waals surface area contributed by atoms with Crippen LogP contribution in [0, 0.1) is 0 Å². The fourth-order valence-electron chi connectivity index (χ4n) is 1.74. The Hall–Kier alpha value is 6.96. The van der Waals surface area contributed by atoms with Crippen LogP contribution in [0.15, 0.2) is 0 Å². The first-order valence-electron chi connectivity index (χ1n) is 7.04. The summed E-state index contributed by atoms with van der Waals surface area (Å²) < 4.78 is -33.7. The summed E-state index contributed by atoms with van der Waals surface area (Å²) in [6, 6.07) is 0. The van der Waals surface area contributed by atoms with E-state index in [2.05, 4.69) is 0 Å². The Balaban J connectivity index is 7.15. The fourth-order valence-corrected chi connectivity index (χ4v) is 9.06. The Morgan fingerprint density at radius 2 is 0.229 bits per heavy atom. The molecular formula is C11Cl24. The Labute approximate surface area is 320 Å². The summed E-state index contributed by atoms with van der Waals surface area (Å²) in [6.07, 6.45) is 0. The maximum Gasteiger partial charge on any atom is 0.226 e. The molecule has 0 amide bonds. The average molecular weight is 983 g/mol. The van der Waals surface area contributed by atoms with Crippen LogP contribution in [0.5, 0.6) is 0 Å². The number of alkyl halides is 24. The van der Waals surface area contributed by atoms with Gasteiger partial charge in [-0.25, -0.2) is 0 Å². The first-order valence-corrected chi connectivity index (χ1v) is 16.1. The number of hydrogen-bond donors (Lipinski definition) is 0. The number of rotatable bonds is 8. The number of hydrogen-bond acceptors (Lipinski definition) is 0. The smallest absolute Gasteiger partial charge is 0.0946 e. The van der Waals surface area contributed by atoms with E-state index in [4.69, 9.17) is 278 Å². The molecule has 0 aliphatic carbocycles. The van der Waals surface area contributed by atoms with Crippen LogP contribution in [0.4, 0.5) is 0 Å². The average Bonchev–Trinajstić information content (AvgIpc) is 2.58. The molecule has 24 heteroatoms. The third-order valence-corrected chi connectivity index (χ3v) is 20.0. The predicted octanol–water partition coefficient (Wildman–Crippen LogP) is 14.3. The minimum absolute atomic E-state index is 2.72. The first kappa shape index (κ1) is 42.0. The van der Waals surface area contributed by atoms with Crippen molar-refractivity contribution in [1.82, 2.24) is 0 Å². The van der Waals surface area contributed by atoms with Gasteiger partial charge in [0, 0.05) is 0 Å². The molecule has 0 aliphatic rings. The highest BCUT2D eigenvalue weighted by Gasteiger charge is 2.84. The lowest BCUT2D eigenvalue weighted by Crippen LogP contribution is -2.73. The van der Waals surface area contributed by atoms with Gasteiger partial charge in [-0.3, -0.25) is 0 Å². The lowest BCUT2D eigenvalue weighted by molar-refractivity contribution is 0.427. The van der Waals surface area contributed by atoms with E-state index >= 15 is 0 Å². The van der Waals surface area contributed by atoms with Crippen LogP contribution >= 0.6 is 278 Å². The van der Waals surface area contributed by atoms with Gasteiger partial charge in [0.2, 0.25) is 16.3 Å². The molecule has 0 spiro atoms. The SMILES string of the molecule is ClC(Cl)(Cl)C(Cl)(Cl)C(Cl)(Cl)C(Cl)(Cl)C(Cl)(Cl)C(Cl)(Cl)C(Cl)(Cl)C(Cl)(Cl)C(Cl)(Cl)C(Cl)(Cl)C(Cl)(Cl)Cl. The van der Waals surface area contributed by atoms with Gasteiger partial charge in [-0.05, 0) is 0 Å². The van der Waals surface area contributed by atoms with Gasteiger partial charge < -0.3 is 0 Å². The Kier molecular flexibility index (Phi) is 14.7. The van der Waals surface area contributed by atoms with Crippen LogP contribution in [-0.2, 0) is 0 Å². The quantitative estimate of drug-likeness (QED) is 0.213.